The van der Waals surface area contributed by atoms with Gasteiger partial charge in [-0.05, 0) is 25.8 Å². The van der Waals surface area contributed by atoms with Crippen LogP contribution in [0.5, 0.6) is 0 Å². The van der Waals surface area contributed by atoms with Crippen molar-refractivity contribution >= 4 is 11.9 Å². The van der Waals surface area contributed by atoms with Gasteiger partial charge in [0, 0.05) is 6.54 Å². The maximum atomic E-state index is 12.6. The molecule has 1 aromatic rings. The van der Waals surface area contributed by atoms with Gasteiger partial charge in [0.05, 0.1) is 18.8 Å². The molecular weight excluding hydrogens is 290 g/mol. The van der Waals surface area contributed by atoms with Crippen molar-refractivity contribution in [1.29, 1.82) is 0 Å². The number of nitrogens with one attached hydrogen (secondary N) is 2. The summed E-state index contributed by atoms with van der Waals surface area (Å²) in [7, 11) is 0. The molecule has 6 heteroatoms. The van der Waals surface area contributed by atoms with Crippen LogP contribution in [0.15, 0.2) is 46.8 Å². The van der Waals surface area contributed by atoms with E-state index in [2.05, 4.69) is 39.8 Å². The minimum atomic E-state index is 0.00899. The highest BCUT2D eigenvalue weighted by Gasteiger charge is 2.44. The van der Waals surface area contributed by atoms with E-state index in [0.717, 1.165) is 24.7 Å². The fourth-order valence-corrected chi connectivity index (χ4v) is 3.45. The zero-order valence-electron chi connectivity index (χ0n) is 13.4. The second kappa shape index (κ2) is 5.30. The smallest absolute Gasteiger partial charge is 0.280 e. The number of carbonyl (C=O) groups is 1. The third-order valence-electron chi connectivity index (χ3n) is 4.48. The van der Waals surface area contributed by atoms with E-state index < -0.39 is 0 Å². The van der Waals surface area contributed by atoms with E-state index in [1.807, 2.05) is 19.9 Å². The Bertz CT molecular complexity index is 696. The zero-order chi connectivity index (χ0) is 16.0. The van der Waals surface area contributed by atoms with Crippen molar-refractivity contribution in [1.82, 2.24) is 20.4 Å². The van der Waals surface area contributed by atoms with E-state index in [9.17, 15) is 4.79 Å². The van der Waals surface area contributed by atoms with Gasteiger partial charge in [-0.1, -0.05) is 30.3 Å². The minimum Gasteiger partial charge on any atom is -0.358 e. The first-order valence-electron chi connectivity index (χ1n) is 8.16. The topological polar surface area (TPSA) is 60.0 Å². The number of guanidine groups is 1. The van der Waals surface area contributed by atoms with Gasteiger partial charge in [-0.25, -0.2) is 4.99 Å². The first-order valence-corrected chi connectivity index (χ1v) is 8.16. The lowest BCUT2D eigenvalue weighted by atomic mass is 10.1. The Balaban J connectivity index is 1.63. The molecule has 4 rings (SSSR count). The summed E-state index contributed by atoms with van der Waals surface area (Å²) in [6, 6.07) is 10.6. The van der Waals surface area contributed by atoms with Crippen LogP contribution in [0.1, 0.15) is 19.4 Å². The molecule has 0 aliphatic carbocycles. The van der Waals surface area contributed by atoms with Crippen molar-refractivity contribution in [2.24, 2.45) is 4.99 Å². The number of likely N-dealkylation sites (N-methyl/N-ethyl adjacent to an activating group) is 1. The van der Waals surface area contributed by atoms with E-state index in [0.29, 0.717) is 12.2 Å². The molecule has 0 aromatic heterocycles. The third kappa shape index (κ3) is 2.25. The van der Waals surface area contributed by atoms with Gasteiger partial charge in [0.15, 0.2) is 0 Å². The van der Waals surface area contributed by atoms with E-state index in [1.54, 1.807) is 4.90 Å². The second-order valence-corrected chi connectivity index (χ2v) is 6.17. The summed E-state index contributed by atoms with van der Waals surface area (Å²) in [5.74, 6) is 1.66. The van der Waals surface area contributed by atoms with Crippen LogP contribution in [-0.4, -0.2) is 47.0 Å². The van der Waals surface area contributed by atoms with Gasteiger partial charge < -0.3 is 10.6 Å². The lowest BCUT2D eigenvalue weighted by molar-refractivity contribution is -0.124. The average molecular weight is 311 g/mol. The highest BCUT2D eigenvalue weighted by molar-refractivity contribution is 6.09. The molecule has 0 spiro atoms. The molecule has 1 unspecified atom stereocenters. The van der Waals surface area contributed by atoms with Gasteiger partial charge in [0.2, 0.25) is 5.96 Å². The molecule has 6 nitrogen and oxygen atoms in total. The van der Waals surface area contributed by atoms with Crippen molar-refractivity contribution in [3.05, 3.63) is 47.4 Å². The summed E-state index contributed by atoms with van der Waals surface area (Å²) in [5, 5.41) is 6.58. The number of fused-ring (bicyclic) bond motifs is 2. The normalized spacial score (nSPS) is 25.8. The van der Waals surface area contributed by atoms with Crippen LogP contribution < -0.4 is 10.6 Å². The van der Waals surface area contributed by atoms with Crippen molar-refractivity contribution in [3.8, 4) is 0 Å². The van der Waals surface area contributed by atoms with Gasteiger partial charge in [-0.3, -0.25) is 14.6 Å². The Morgan fingerprint density at radius 1 is 1.26 bits per heavy atom. The molecule has 1 aromatic carbocycles. The largest absolute Gasteiger partial charge is 0.358 e. The number of hydrogen-bond donors (Lipinski definition) is 2. The van der Waals surface area contributed by atoms with E-state index >= 15 is 0 Å². The quantitative estimate of drug-likeness (QED) is 0.868. The number of nitrogens with zero attached hydrogens (tertiary/aromatic N) is 3. The fourth-order valence-electron chi connectivity index (χ4n) is 3.45. The van der Waals surface area contributed by atoms with Crippen molar-refractivity contribution in [2.45, 2.75) is 32.5 Å². The van der Waals surface area contributed by atoms with Crippen LogP contribution in [-0.2, 0) is 11.2 Å². The van der Waals surface area contributed by atoms with Gasteiger partial charge in [0.25, 0.3) is 5.91 Å². The van der Waals surface area contributed by atoms with E-state index in [4.69, 9.17) is 4.99 Å². The summed E-state index contributed by atoms with van der Waals surface area (Å²) in [4.78, 5) is 21.4. The highest BCUT2D eigenvalue weighted by Crippen LogP contribution is 2.28. The predicted octanol–water partition coefficient (Wildman–Crippen LogP) is 0.839. The third-order valence-corrected chi connectivity index (χ3v) is 4.48. The monoisotopic (exact) mass is 311 g/mol. The van der Waals surface area contributed by atoms with Crippen molar-refractivity contribution in [2.75, 3.05) is 13.1 Å². The number of carbonyl (C=O) groups excluding carboxylic acids is 1. The number of amides is 1. The van der Waals surface area contributed by atoms with Crippen LogP contribution in [0.4, 0.5) is 0 Å². The molecule has 1 amide bonds. The second-order valence-electron chi connectivity index (χ2n) is 6.17. The predicted molar refractivity (Wildman–Crippen MR) is 88.2 cm³/mol. The van der Waals surface area contributed by atoms with Gasteiger partial charge in [0.1, 0.15) is 11.5 Å². The zero-order valence-corrected chi connectivity index (χ0v) is 13.4. The molecule has 3 aliphatic rings. The molecule has 2 atom stereocenters. The summed E-state index contributed by atoms with van der Waals surface area (Å²) in [6.45, 7) is 5.42. The van der Waals surface area contributed by atoms with Crippen LogP contribution in [0, 0.1) is 0 Å². The molecule has 0 bridgehead atoms. The summed E-state index contributed by atoms with van der Waals surface area (Å²) < 4.78 is 0. The Labute approximate surface area is 135 Å². The molecule has 23 heavy (non-hydrogen) atoms. The van der Waals surface area contributed by atoms with Crippen LogP contribution in [0.25, 0.3) is 0 Å². The standard InChI is InChI=1S/C17H21N5O/c1-3-21-16(23)14-15(19-11(2)18-14)22-10-13(20-17(21)22)9-12-7-5-4-6-8-12/h4-8,11,13,18-19H,3,9-10H2,1-2H3/t11?,13-/m1/s1. The lowest BCUT2D eigenvalue weighted by Gasteiger charge is -2.33. The molecule has 2 N–H and O–H groups in total. The highest BCUT2D eigenvalue weighted by atomic mass is 16.2. The molecule has 0 saturated heterocycles. The SMILES string of the molecule is CCN1C(=O)C2=C(NC(C)N2)N2C[C@@H](Cc3ccccc3)N=C12. The Kier molecular flexibility index (Phi) is 3.25. The maximum Gasteiger partial charge on any atom is 0.280 e. The van der Waals surface area contributed by atoms with E-state index in [-0.39, 0.29) is 18.1 Å². The molecular formula is C17H21N5O. The van der Waals surface area contributed by atoms with Crippen LogP contribution >= 0.6 is 0 Å². The number of benzene rings is 1. The van der Waals surface area contributed by atoms with Gasteiger partial charge in [-0.15, -0.1) is 0 Å². The molecule has 0 fully saturated rings. The molecule has 120 valence electrons. The maximum absolute atomic E-state index is 12.6. The number of rotatable bonds is 3. The first-order chi connectivity index (χ1) is 11.2. The molecule has 0 radical (unpaired) electrons. The number of hydrogen-bond acceptors (Lipinski definition) is 5. The van der Waals surface area contributed by atoms with Gasteiger partial charge in [-0.2, -0.15) is 0 Å². The minimum absolute atomic E-state index is 0.00899. The molecule has 3 aliphatic heterocycles. The fraction of sp³-hybridized carbons (Fsp3) is 0.412. The van der Waals surface area contributed by atoms with Crippen molar-refractivity contribution in [3.63, 3.8) is 0 Å². The van der Waals surface area contributed by atoms with Crippen molar-refractivity contribution < 1.29 is 4.79 Å². The number of aliphatic imine (C=N–C) groups is 1. The average Bonchev–Trinajstić information content (AvgIpc) is 3.12. The Hall–Kier alpha value is -2.50. The summed E-state index contributed by atoms with van der Waals surface area (Å²) in [6.07, 6.45) is 0.952. The van der Waals surface area contributed by atoms with E-state index in [1.165, 1.54) is 5.56 Å². The Morgan fingerprint density at radius 2 is 2.04 bits per heavy atom. The van der Waals surface area contributed by atoms with Crippen LogP contribution in [0.3, 0.4) is 0 Å². The molecule has 3 heterocycles. The van der Waals surface area contributed by atoms with Crippen LogP contribution in [0.2, 0.25) is 0 Å². The molecule has 0 saturated carbocycles. The summed E-state index contributed by atoms with van der Waals surface area (Å²) in [5.41, 5.74) is 1.94. The first kappa shape index (κ1) is 14.1. The Morgan fingerprint density at radius 3 is 2.78 bits per heavy atom. The van der Waals surface area contributed by atoms with Gasteiger partial charge >= 0.3 is 0 Å². The lowest BCUT2D eigenvalue weighted by Crippen LogP contribution is -2.52. The summed E-state index contributed by atoms with van der Waals surface area (Å²) >= 11 is 0.